The van der Waals surface area contributed by atoms with Gasteiger partial charge >= 0.3 is 0 Å². The summed E-state index contributed by atoms with van der Waals surface area (Å²) >= 11 is 0. The molecule has 0 fully saturated rings. The van der Waals surface area contributed by atoms with Gasteiger partial charge in [-0.05, 0) is 41.3 Å². The Balaban J connectivity index is 1.78. The van der Waals surface area contributed by atoms with Crippen molar-refractivity contribution in [1.82, 2.24) is 4.31 Å². The third-order valence-corrected chi connectivity index (χ3v) is 8.13. The van der Waals surface area contributed by atoms with E-state index in [1.54, 1.807) is 24.3 Å². The monoisotopic (exact) mass is 479 g/mol. The maximum Gasteiger partial charge on any atom is 0.268 e. The topological polar surface area (TPSA) is 54.5 Å². The number of amides is 1. The van der Waals surface area contributed by atoms with Crippen LogP contribution in [0.3, 0.4) is 0 Å². The van der Waals surface area contributed by atoms with Gasteiger partial charge in [-0.15, -0.1) is 0 Å². The molecule has 1 amide bonds. The molecule has 1 atom stereocenters. The Bertz CT molecular complexity index is 1480. The Morgan fingerprint density at radius 2 is 1.20 bits per heavy atom. The molecule has 0 saturated heterocycles. The predicted octanol–water partition coefficient (Wildman–Crippen LogP) is 5.92. The van der Waals surface area contributed by atoms with Gasteiger partial charge in [-0.25, -0.2) is 12.7 Å². The van der Waals surface area contributed by atoms with Crippen molar-refractivity contribution < 1.29 is 13.2 Å². The molecule has 1 heterocycles. The van der Waals surface area contributed by atoms with E-state index in [1.165, 1.54) is 0 Å². The second-order valence-corrected chi connectivity index (χ2v) is 10.5. The number of benzene rings is 4. The minimum atomic E-state index is -4.07. The fraction of sp³-hybridized carbons (Fsp3) is 0.100. The van der Waals surface area contributed by atoms with Crippen LogP contribution in [0.25, 0.3) is 11.1 Å². The second-order valence-electron chi connectivity index (χ2n) is 8.64. The normalized spacial score (nSPS) is 16.4. The number of rotatable bonds is 5. The van der Waals surface area contributed by atoms with E-state index < -0.39 is 15.9 Å². The molecule has 0 N–H and O–H groups in total. The number of nitrogens with zero attached hydrogens (tertiary/aromatic N) is 1. The van der Waals surface area contributed by atoms with Gasteiger partial charge < -0.3 is 0 Å². The largest absolute Gasteiger partial charge is 0.268 e. The van der Waals surface area contributed by atoms with Crippen LogP contribution in [0.4, 0.5) is 0 Å². The maximum atomic E-state index is 14.1. The predicted molar refractivity (Wildman–Crippen MR) is 139 cm³/mol. The molecule has 0 unspecified atom stereocenters. The number of sulfonamides is 1. The summed E-state index contributed by atoms with van der Waals surface area (Å²) in [5, 5.41) is 0. The van der Waals surface area contributed by atoms with Gasteiger partial charge in [-0.1, -0.05) is 109 Å². The molecule has 0 saturated carbocycles. The van der Waals surface area contributed by atoms with Gasteiger partial charge in [0, 0.05) is 12.5 Å². The molecule has 0 bridgehead atoms. The molecule has 5 rings (SSSR count). The van der Waals surface area contributed by atoms with Crippen molar-refractivity contribution in [3.63, 3.8) is 0 Å². The van der Waals surface area contributed by atoms with Crippen molar-refractivity contribution in [2.45, 2.75) is 17.7 Å². The van der Waals surface area contributed by atoms with Crippen LogP contribution in [0.5, 0.6) is 0 Å². The van der Waals surface area contributed by atoms with E-state index in [4.69, 9.17) is 0 Å². The van der Waals surface area contributed by atoms with Crippen LogP contribution >= 0.6 is 0 Å². The summed E-state index contributed by atoms with van der Waals surface area (Å²) < 4.78 is 28.6. The van der Waals surface area contributed by atoms with E-state index in [2.05, 4.69) is 0 Å². The van der Waals surface area contributed by atoms with E-state index in [-0.39, 0.29) is 17.4 Å². The molecule has 4 nitrogen and oxygen atoms in total. The van der Waals surface area contributed by atoms with Crippen molar-refractivity contribution in [3.8, 4) is 0 Å². The number of hydrogen-bond donors (Lipinski definition) is 0. The third-order valence-electron chi connectivity index (χ3n) is 6.36. The minimum Gasteiger partial charge on any atom is -0.268 e. The average Bonchev–Trinajstić information content (AvgIpc) is 2.90. The Morgan fingerprint density at radius 3 is 1.77 bits per heavy atom. The zero-order chi connectivity index (χ0) is 24.4. The molecule has 4 aromatic rings. The highest BCUT2D eigenvalue weighted by Gasteiger charge is 2.41. The van der Waals surface area contributed by atoms with E-state index in [1.807, 2.05) is 97.9 Å². The van der Waals surface area contributed by atoms with Gasteiger partial charge in [0.1, 0.15) is 0 Å². The van der Waals surface area contributed by atoms with E-state index in [0.29, 0.717) is 11.1 Å². The Morgan fingerprint density at radius 1 is 0.686 bits per heavy atom. The van der Waals surface area contributed by atoms with E-state index in [9.17, 15) is 13.2 Å². The summed E-state index contributed by atoms with van der Waals surface area (Å²) in [6, 6.07) is 35.5. The van der Waals surface area contributed by atoms with E-state index >= 15 is 0 Å². The van der Waals surface area contributed by atoms with Crippen LogP contribution in [-0.4, -0.2) is 25.2 Å². The molecular weight excluding hydrogens is 454 g/mol. The summed E-state index contributed by atoms with van der Waals surface area (Å²) in [6.45, 7) is 1.93. The lowest BCUT2D eigenvalue weighted by Gasteiger charge is -2.36. The molecule has 0 aliphatic carbocycles. The lowest BCUT2D eigenvalue weighted by Crippen LogP contribution is -2.44. The number of carbonyl (C=O) groups excluding carboxylic acids is 1. The fourth-order valence-corrected chi connectivity index (χ4v) is 5.99. The summed E-state index contributed by atoms with van der Waals surface area (Å²) in [5.41, 5.74) is 4.75. The Hall–Kier alpha value is -3.96. The van der Waals surface area contributed by atoms with Gasteiger partial charge in [0.15, 0.2) is 0 Å². The van der Waals surface area contributed by atoms with E-state index in [0.717, 1.165) is 26.6 Å². The van der Waals surface area contributed by atoms with Crippen molar-refractivity contribution in [3.05, 3.63) is 138 Å². The maximum absolute atomic E-state index is 14.1. The first-order valence-electron chi connectivity index (χ1n) is 11.5. The van der Waals surface area contributed by atoms with Crippen LogP contribution < -0.4 is 0 Å². The molecule has 1 aliphatic heterocycles. The summed E-state index contributed by atoms with van der Waals surface area (Å²) in [6.07, 6.45) is 0. The van der Waals surface area contributed by atoms with Gasteiger partial charge in [0.05, 0.1) is 10.5 Å². The summed E-state index contributed by atoms with van der Waals surface area (Å²) in [4.78, 5) is 14.2. The number of hydrogen-bond acceptors (Lipinski definition) is 3. The van der Waals surface area contributed by atoms with Crippen LogP contribution in [0.1, 0.15) is 28.2 Å². The highest BCUT2D eigenvalue weighted by molar-refractivity contribution is 7.89. The first-order valence-corrected chi connectivity index (χ1v) is 12.9. The Kier molecular flexibility index (Phi) is 6.10. The van der Waals surface area contributed by atoms with Crippen molar-refractivity contribution in [1.29, 1.82) is 0 Å². The zero-order valence-electron chi connectivity index (χ0n) is 19.3. The van der Waals surface area contributed by atoms with Gasteiger partial charge in [0.25, 0.3) is 15.9 Å². The number of carbonyl (C=O) groups is 1. The summed E-state index contributed by atoms with van der Waals surface area (Å²) in [7, 11) is -4.07. The smallest absolute Gasteiger partial charge is 0.268 e. The van der Waals surface area contributed by atoms with Crippen molar-refractivity contribution in [2.75, 3.05) is 6.54 Å². The van der Waals surface area contributed by atoms with Crippen molar-refractivity contribution >= 4 is 27.1 Å². The van der Waals surface area contributed by atoms with Crippen LogP contribution in [0, 0.1) is 6.92 Å². The molecule has 35 heavy (non-hydrogen) atoms. The van der Waals surface area contributed by atoms with Crippen LogP contribution in [0.15, 0.2) is 120 Å². The second kappa shape index (κ2) is 9.35. The number of aryl methyl sites for hydroxylation is 1. The lowest BCUT2D eigenvalue weighted by atomic mass is 9.79. The third kappa shape index (κ3) is 4.31. The molecule has 0 spiro atoms. The van der Waals surface area contributed by atoms with Crippen molar-refractivity contribution in [2.24, 2.45) is 0 Å². The molecule has 174 valence electrons. The van der Waals surface area contributed by atoms with Gasteiger partial charge in [-0.3, -0.25) is 4.79 Å². The molecule has 1 aliphatic rings. The van der Waals surface area contributed by atoms with Gasteiger partial charge in [-0.2, -0.15) is 0 Å². The molecule has 4 aromatic carbocycles. The summed E-state index contributed by atoms with van der Waals surface area (Å²) in [5.74, 6) is -0.838. The molecule has 0 aromatic heterocycles. The first kappa shape index (κ1) is 22.8. The molecular formula is C30H25NO3S. The highest BCUT2D eigenvalue weighted by atomic mass is 32.2. The quantitative estimate of drug-likeness (QED) is 0.357. The average molecular weight is 480 g/mol. The standard InChI is InChI=1S/C30H25NO3S/c1-22-17-19-26(20-18-22)35(33,34)31-21-27(23-11-5-2-6-12-23)28(24-13-7-3-8-14-24)29(30(31)32)25-15-9-4-10-16-25/h2-20,27H,21H2,1H3/t27-/m1/s1. The lowest BCUT2D eigenvalue weighted by molar-refractivity contribution is -0.121. The molecule has 5 heteroatoms. The first-order chi connectivity index (χ1) is 17.0. The minimum absolute atomic E-state index is 0.0274. The van der Waals surface area contributed by atoms with Crippen LogP contribution in [-0.2, 0) is 14.8 Å². The Labute approximate surface area is 206 Å². The molecule has 0 radical (unpaired) electrons. The zero-order valence-corrected chi connectivity index (χ0v) is 20.2. The SMILES string of the molecule is Cc1ccc(S(=O)(=O)N2C[C@H](c3ccccc3)C(c3ccccc3)=C(c3ccccc3)C2=O)cc1. The van der Waals surface area contributed by atoms with Crippen LogP contribution in [0.2, 0.25) is 0 Å². The fourth-order valence-electron chi connectivity index (χ4n) is 4.60. The highest BCUT2D eigenvalue weighted by Crippen LogP contribution is 2.44. The van der Waals surface area contributed by atoms with Gasteiger partial charge in [0.2, 0.25) is 0 Å².